The number of hydrogen-bond acceptors (Lipinski definition) is 3. The molecule has 4 nitrogen and oxygen atoms in total. The largest absolute Gasteiger partial charge is 0.497 e. The Balaban J connectivity index is 2.23. The lowest BCUT2D eigenvalue weighted by Gasteiger charge is -2.17. The second-order valence-corrected chi connectivity index (χ2v) is 5.14. The molecule has 0 aromatic heterocycles. The molecule has 2 rings (SSSR count). The summed E-state index contributed by atoms with van der Waals surface area (Å²) < 4.78 is 43.7. The fourth-order valence-corrected chi connectivity index (χ4v) is 2.24. The summed E-state index contributed by atoms with van der Waals surface area (Å²) in [6.45, 7) is 1.26. The minimum atomic E-state index is -4.52. The van der Waals surface area contributed by atoms with Gasteiger partial charge in [-0.15, -0.1) is 0 Å². The number of alkyl halides is 3. The predicted molar refractivity (Wildman–Crippen MR) is 82.8 cm³/mol. The van der Waals surface area contributed by atoms with E-state index in [1.165, 1.54) is 38.3 Å². The third-order valence-corrected chi connectivity index (χ3v) is 3.55. The van der Waals surface area contributed by atoms with Crippen molar-refractivity contribution in [2.45, 2.75) is 19.2 Å². The average Bonchev–Trinajstić information content (AvgIpc) is 2.55. The average molecular weight is 339 g/mol. The molecule has 0 spiro atoms. The number of anilines is 1. The van der Waals surface area contributed by atoms with Gasteiger partial charge in [0.15, 0.2) is 6.10 Å². The van der Waals surface area contributed by atoms with Gasteiger partial charge in [0.2, 0.25) is 0 Å². The number of aliphatic hydroxyl groups is 1. The zero-order chi connectivity index (χ0) is 17.9. The van der Waals surface area contributed by atoms with Crippen LogP contribution < -0.4 is 10.1 Å². The number of halogens is 3. The molecule has 2 N–H and O–H groups in total. The van der Waals surface area contributed by atoms with Gasteiger partial charge in [-0.3, -0.25) is 4.79 Å². The van der Waals surface area contributed by atoms with Crippen molar-refractivity contribution in [3.05, 3.63) is 59.2 Å². The smallest absolute Gasteiger partial charge is 0.416 e. The summed E-state index contributed by atoms with van der Waals surface area (Å²) in [6.07, 6.45) is -6.05. The number of methoxy groups -OCH3 is 1. The Labute approximate surface area is 136 Å². The van der Waals surface area contributed by atoms with E-state index < -0.39 is 23.8 Å². The van der Waals surface area contributed by atoms with Gasteiger partial charge in [-0.25, -0.2) is 0 Å². The summed E-state index contributed by atoms with van der Waals surface area (Å²) in [5.74, 6) is -0.375. The molecule has 0 aliphatic carbocycles. The number of amides is 1. The molecule has 1 amide bonds. The summed E-state index contributed by atoms with van der Waals surface area (Å²) in [5.41, 5.74) is -0.680. The molecule has 24 heavy (non-hydrogen) atoms. The van der Waals surface area contributed by atoms with Crippen LogP contribution in [0.15, 0.2) is 42.5 Å². The van der Waals surface area contributed by atoms with Gasteiger partial charge in [0.1, 0.15) is 5.75 Å². The molecule has 0 saturated heterocycles. The van der Waals surface area contributed by atoms with Crippen molar-refractivity contribution in [2.24, 2.45) is 0 Å². The second kappa shape index (κ2) is 6.92. The zero-order valence-corrected chi connectivity index (χ0v) is 13.0. The van der Waals surface area contributed by atoms with E-state index in [0.717, 1.165) is 6.07 Å². The van der Waals surface area contributed by atoms with Gasteiger partial charge in [-0.05, 0) is 42.3 Å². The summed E-state index contributed by atoms with van der Waals surface area (Å²) in [7, 11) is 1.44. The van der Waals surface area contributed by atoms with E-state index in [0.29, 0.717) is 5.75 Å². The van der Waals surface area contributed by atoms with Crippen LogP contribution >= 0.6 is 0 Å². The Kier molecular flexibility index (Phi) is 5.14. The lowest BCUT2D eigenvalue weighted by atomic mass is 10.0. The number of hydrogen-bond donors (Lipinski definition) is 2. The van der Waals surface area contributed by atoms with Crippen LogP contribution in [0.5, 0.6) is 5.75 Å². The van der Waals surface area contributed by atoms with Gasteiger partial charge in [-0.1, -0.05) is 18.2 Å². The lowest BCUT2D eigenvalue weighted by molar-refractivity contribution is -0.138. The van der Waals surface area contributed by atoms with Crippen molar-refractivity contribution in [3.63, 3.8) is 0 Å². The van der Waals surface area contributed by atoms with Crippen LogP contribution in [0.3, 0.4) is 0 Å². The van der Waals surface area contributed by atoms with E-state index in [9.17, 15) is 23.1 Å². The zero-order valence-electron chi connectivity index (χ0n) is 13.0. The molecule has 1 atom stereocenters. The maximum atomic E-state index is 12.9. The van der Waals surface area contributed by atoms with Crippen molar-refractivity contribution in [1.29, 1.82) is 0 Å². The highest BCUT2D eigenvalue weighted by molar-refractivity contribution is 5.95. The highest BCUT2D eigenvalue weighted by atomic mass is 19.4. The normalized spacial score (nSPS) is 12.6. The highest BCUT2D eigenvalue weighted by Gasteiger charge is 2.33. The van der Waals surface area contributed by atoms with Crippen LogP contribution in [-0.4, -0.2) is 18.1 Å². The minimum absolute atomic E-state index is 0.00299. The number of benzene rings is 2. The summed E-state index contributed by atoms with van der Waals surface area (Å²) in [6, 6.07) is 9.72. The van der Waals surface area contributed by atoms with Crippen molar-refractivity contribution < 1.29 is 27.8 Å². The van der Waals surface area contributed by atoms with Crippen LogP contribution in [0, 0.1) is 6.92 Å². The van der Waals surface area contributed by atoms with Crippen LogP contribution in [0.2, 0.25) is 0 Å². The van der Waals surface area contributed by atoms with Crippen molar-refractivity contribution >= 4 is 11.6 Å². The molecule has 0 fully saturated rings. The number of aliphatic hydroxyl groups excluding tert-OH is 1. The Morgan fingerprint density at radius 3 is 2.50 bits per heavy atom. The molecule has 0 radical (unpaired) electrons. The number of ether oxygens (including phenoxy) is 1. The topological polar surface area (TPSA) is 58.6 Å². The molecule has 7 heteroatoms. The molecule has 2 aromatic carbocycles. The molecule has 128 valence electrons. The Bertz CT molecular complexity index is 744. The van der Waals surface area contributed by atoms with E-state index in [1.54, 1.807) is 12.1 Å². The first kappa shape index (κ1) is 17.8. The first-order valence-electron chi connectivity index (χ1n) is 7.03. The van der Waals surface area contributed by atoms with Gasteiger partial charge < -0.3 is 15.2 Å². The standard InChI is InChI=1S/C17H16F3NO3/c1-10-13(17(18,19)20)7-4-8-14(10)21-16(23)15(22)11-5-3-6-12(9-11)24-2/h3-9,15,22H,1-2H3,(H,21,23). The second-order valence-electron chi connectivity index (χ2n) is 5.14. The SMILES string of the molecule is COc1cccc(C(O)C(=O)Nc2cccc(C(F)(F)F)c2C)c1. The highest BCUT2D eigenvalue weighted by Crippen LogP contribution is 2.34. The Morgan fingerprint density at radius 1 is 1.21 bits per heavy atom. The number of nitrogens with one attached hydrogen (secondary N) is 1. The van der Waals surface area contributed by atoms with E-state index in [1.807, 2.05) is 0 Å². The van der Waals surface area contributed by atoms with E-state index in [4.69, 9.17) is 4.74 Å². The molecule has 0 heterocycles. The quantitative estimate of drug-likeness (QED) is 0.893. The Hall–Kier alpha value is -2.54. The molecule has 0 bridgehead atoms. The van der Waals surface area contributed by atoms with Gasteiger partial charge in [-0.2, -0.15) is 13.2 Å². The Morgan fingerprint density at radius 2 is 1.88 bits per heavy atom. The number of carbonyl (C=O) groups is 1. The van der Waals surface area contributed by atoms with Crippen LogP contribution in [0.4, 0.5) is 18.9 Å². The van der Waals surface area contributed by atoms with Crippen LogP contribution in [0.25, 0.3) is 0 Å². The molecular formula is C17H16F3NO3. The third-order valence-electron chi connectivity index (χ3n) is 3.55. The van der Waals surface area contributed by atoms with Gasteiger partial charge in [0.25, 0.3) is 5.91 Å². The van der Waals surface area contributed by atoms with Crippen molar-refractivity contribution in [1.82, 2.24) is 0 Å². The van der Waals surface area contributed by atoms with E-state index in [2.05, 4.69) is 5.32 Å². The molecule has 2 aromatic rings. The van der Waals surface area contributed by atoms with Gasteiger partial charge >= 0.3 is 6.18 Å². The maximum Gasteiger partial charge on any atom is 0.416 e. The first-order valence-corrected chi connectivity index (χ1v) is 7.03. The predicted octanol–water partition coefficient (Wildman–Crippen LogP) is 3.69. The summed E-state index contributed by atoms with van der Waals surface area (Å²) in [5, 5.41) is 12.4. The fourth-order valence-electron chi connectivity index (χ4n) is 2.24. The third kappa shape index (κ3) is 3.86. The van der Waals surface area contributed by atoms with Gasteiger partial charge in [0.05, 0.1) is 12.7 Å². The molecular weight excluding hydrogens is 323 g/mol. The van der Waals surface area contributed by atoms with Crippen molar-refractivity contribution in [2.75, 3.05) is 12.4 Å². The lowest BCUT2D eigenvalue weighted by Crippen LogP contribution is -2.22. The number of carbonyl (C=O) groups excluding carboxylic acids is 1. The van der Waals surface area contributed by atoms with E-state index >= 15 is 0 Å². The summed E-state index contributed by atoms with van der Waals surface area (Å²) in [4.78, 5) is 12.1. The molecule has 1 unspecified atom stereocenters. The van der Waals surface area contributed by atoms with Crippen molar-refractivity contribution in [3.8, 4) is 5.75 Å². The monoisotopic (exact) mass is 339 g/mol. The molecule has 0 aliphatic heterocycles. The van der Waals surface area contributed by atoms with E-state index in [-0.39, 0.29) is 16.8 Å². The minimum Gasteiger partial charge on any atom is -0.497 e. The van der Waals surface area contributed by atoms with Gasteiger partial charge in [0, 0.05) is 5.69 Å². The fraction of sp³-hybridized carbons (Fsp3) is 0.235. The van der Waals surface area contributed by atoms with Crippen LogP contribution in [0.1, 0.15) is 22.8 Å². The van der Waals surface area contributed by atoms with Crippen LogP contribution in [-0.2, 0) is 11.0 Å². The first-order chi connectivity index (χ1) is 11.2. The summed E-state index contributed by atoms with van der Waals surface area (Å²) >= 11 is 0. The maximum absolute atomic E-state index is 12.9. The molecule has 0 aliphatic rings. The number of rotatable bonds is 4. The molecule has 0 saturated carbocycles.